The molecule has 0 aliphatic carbocycles. The molecule has 1 saturated heterocycles. The predicted octanol–water partition coefficient (Wildman–Crippen LogP) is 2.19. The Hall–Kier alpha value is -2.64. The van der Waals surface area contributed by atoms with Crippen molar-refractivity contribution < 1.29 is 9.42 Å². The zero-order valence-corrected chi connectivity index (χ0v) is 18.6. The Kier molecular flexibility index (Phi) is 6.20. The molecule has 3 N–H and O–H groups in total. The molecule has 0 bridgehead atoms. The third kappa shape index (κ3) is 4.42. The Balaban J connectivity index is 1.60. The minimum absolute atomic E-state index is 0.0705. The van der Waals surface area contributed by atoms with Crippen molar-refractivity contribution in [2.24, 2.45) is 5.10 Å². The van der Waals surface area contributed by atoms with Crippen LogP contribution in [0.4, 0.5) is 5.82 Å². The van der Waals surface area contributed by atoms with Crippen molar-refractivity contribution >= 4 is 45.2 Å². The molecule has 0 spiro atoms. The van der Waals surface area contributed by atoms with Gasteiger partial charge in [0.1, 0.15) is 0 Å². The third-order valence-corrected chi connectivity index (χ3v) is 6.48. The first kappa shape index (κ1) is 20.6. The van der Waals surface area contributed by atoms with Gasteiger partial charge >= 0.3 is 0 Å². The van der Waals surface area contributed by atoms with E-state index in [-0.39, 0.29) is 17.3 Å². The molecular formula is C17H20BrN9O2S. The Morgan fingerprint density at radius 2 is 2.33 bits per heavy atom. The smallest absolute Gasteiger partial charge is 0.293 e. The lowest BCUT2D eigenvalue weighted by atomic mass is 10.0. The number of thiophene rings is 1. The number of nitrogens with one attached hydrogen (secondary N) is 1. The highest BCUT2D eigenvalue weighted by molar-refractivity contribution is 9.11. The first-order valence-corrected chi connectivity index (χ1v) is 11.0. The second-order valence-corrected chi connectivity index (χ2v) is 9.42. The summed E-state index contributed by atoms with van der Waals surface area (Å²) in [5.41, 5.74) is 9.06. The summed E-state index contributed by atoms with van der Waals surface area (Å²) in [6.07, 6.45) is 4.96. The van der Waals surface area contributed by atoms with Crippen LogP contribution in [0, 0.1) is 0 Å². The van der Waals surface area contributed by atoms with Crippen molar-refractivity contribution in [3.63, 3.8) is 0 Å². The van der Waals surface area contributed by atoms with Gasteiger partial charge in [-0.3, -0.25) is 9.69 Å². The van der Waals surface area contributed by atoms with Gasteiger partial charge in [0.25, 0.3) is 5.91 Å². The van der Waals surface area contributed by atoms with Gasteiger partial charge in [0.2, 0.25) is 11.6 Å². The average Bonchev–Trinajstić information content (AvgIpc) is 3.44. The fraction of sp³-hybridized carbons (Fsp3) is 0.412. The minimum Gasteiger partial charge on any atom is -0.378 e. The maximum atomic E-state index is 12.8. The number of halogens is 1. The van der Waals surface area contributed by atoms with Gasteiger partial charge in [-0.15, -0.1) is 16.4 Å². The highest BCUT2D eigenvalue weighted by Gasteiger charge is 2.27. The summed E-state index contributed by atoms with van der Waals surface area (Å²) < 4.78 is 7.08. The molecule has 30 heavy (non-hydrogen) atoms. The molecule has 1 aliphatic rings. The Labute approximate surface area is 184 Å². The molecular weight excluding hydrogens is 474 g/mol. The van der Waals surface area contributed by atoms with Crippen molar-refractivity contribution in [3.05, 3.63) is 32.2 Å². The van der Waals surface area contributed by atoms with E-state index in [1.165, 1.54) is 22.4 Å². The number of rotatable bonds is 6. The second kappa shape index (κ2) is 9.02. The van der Waals surface area contributed by atoms with E-state index >= 15 is 0 Å². The molecule has 1 amide bonds. The zero-order valence-electron chi connectivity index (χ0n) is 16.2. The summed E-state index contributed by atoms with van der Waals surface area (Å²) in [5, 5.41) is 19.6. The van der Waals surface area contributed by atoms with Crippen LogP contribution in [-0.4, -0.2) is 54.9 Å². The molecule has 1 aliphatic heterocycles. The number of carbonyl (C=O) groups is 1. The number of hydrogen-bond donors (Lipinski definition) is 2. The van der Waals surface area contributed by atoms with E-state index in [4.69, 9.17) is 10.4 Å². The molecule has 0 aromatic carbocycles. The van der Waals surface area contributed by atoms with Crippen LogP contribution >= 0.6 is 27.3 Å². The molecule has 13 heteroatoms. The van der Waals surface area contributed by atoms with Crippen LogP contribution in [0.15, 0.2) is 25.6 Å². The monoisotopic (exact) mass is 493 g/mol. The number of anilines is 1. The fourth-order valence-corrected chi connectivity index (χ4v) is 4.61. The molecule has 1 fully saturated rings. The van der Waals surface area contributed by atoms with E-state index in [2.05, 4.69) is 58.9 Å². The van der Waals surface area contributed by atoms with Gasteiger partial charge in [0.05, 0.1) is 15.7 Å². The lowest BCUT2D eigenvalue weighted by Gasteiger charge is -2.33. The van der Waals surface area contributed by atoms with Crippen molar-refractivity contribution in [2.45, 2.75) is 38.8 Å². The van der Waals surface area contributed by atoms with E-state index in [0.717, 1.165) is 28.0 Å². The number of likely N-dealkylation sites (tertiary alicyclic amines) is 1. The van der Waals surface area contributed by atoms with Crippen LogP contribution in [-0.2, 0) is 6.54 Å². The van der Waals surface area contributed by atoms with Crippen LogP contribution in [0.3, 0.4) is 0 Å². The number of nitrogens with two attached hydrogens (primary N) is 1. The molecule has 4 heterocycles. The second-order valence-electron chi connectivity index (χ2n) is 6.93. The van der Waals surface area contributed by atoms with Crippen LogP contribution < -0.4 is 11.2 Å². The first-order chi connectivity index (χ1) is 14.5. The molecule has 0 saturated carbocycles. The van der Waals surface area contributed by atoms with E-state index < -0.39 is 5.91 Å². The van der Waals surface area contributed by atoms with Gasteiger partial charge in [0.15, 0.2) is 5.69 Å². The Morgan fingerprint density at radius 3 is 3.03 bits per heavy atom. The third-order valence-electron chi connectivity index (χ3n) is 4.92. The van der Waals surface area contributed by atoms with E-state index in [1.807, 2.05) is 12.1 Å². The lowest BCUT2D eigenvalue weighted by Crippen LogP contribution is -2.38. The number of nitrogen functional groups attached to an aromatic ring is 1. The number of piperidine rings is 1. The minimum atomic E-state index is -0.470. The van der Waals surface area contributed by atoms with Gasteiger partial charge in [-0.05, 0) is 64.7 Å². The van der Waals surface area contributed by atoms with Crippen molar-refractivity contribution in [2.75, 3.05) is 12.3 Å². The van der Waals surface area contributed by atoms with Gasteiger partial charge in [-0.2, -0.15) is 9.78 Å². The van der Waals surface area contributed by atoms with Crippen LogP contribution in [0.5, 0.6) is 0 Å². The molecule has 0 radical (unpaired) electrons. The fourth-order valence-electron chi connectivity index (χ4n) is 3.32. The van der Waals surface area contributed by atoms with Crippen LogP contribution in [0.2, 0.25) is 0 Å². The highest BCUT2D eigenvalue weighted by atomic mass is 79.9. The van der Waals surface area contributed by atoms with Crippen LogP contribution in [0.25, 0.3) is 5.82 Å². The lowest BCUT2D eigenvalue weighted by molar-refractivity contribution is 0.0945. The summed E-state index contributed by atoms with van der Waals surface area (Å²) in [7, 11) is 0. The van der Waals surface area contributed by atoms with Crippen molar-refractivity contribution in [1.82, 2.24) is 35.6 Å². The summed E-state index contributed by atoms with van der Waals surface area (Å²) in [5.74, 6) is -0.197. The molecule has 3 aromatic rings. The number of aromatic nitrogens is 5. The standard InChI is InChI=1S/C17H20BrN9O2S/c1-10-4-2-3-7-26(10)9-12-14(21-25-27(12)16-15(19)23-29-24-16)17(28)22-20-8-11-5-6-13(18)30-11/h5-6,8,10H,2-4,7,9H2,1H3,(H2,19,23)(H,22,28)/b20-8+/t10-/m1/s1. The predicted molar refractivity (Wildman–Crippen MR) is 114 cm³/mol. The summed E-state index contributed by atoms with van der Waals surface area (Å²) in [6.45, 7) is 3.55. The summed E-state index contributed by atoms with van der Waals surface area (Å²) >= 11 is 4.90. The number of amides is 1. The zero-order chi connectivity index (χ0) is 21.1. The van der Waals surface area contributed by atoms with Crippen molar-refractivity contribution in [3.8, 4) is 5.82 Å². The van der Waals surface area contributed by atoms with Crippen molar-refractivity contribution in [1.29, 1.82) is 0 Å². The largest absolute Gasteiger partial charge is 0.378 e. The maximum absolute atomic E-state index is 12.8. The molecule has 158 valence electrons. The number of hydrazone groups is 1. The van der Waals surface area contributed by atoms with Gasteiger partial charge in [0, 0.05) is 17.5 Å². The molecule has 4 rings (SSSR count). The number of nitrogens with zero attached hydrogens (tertiary/aromatic N) is 7. The summed E-state index contributed by atoms with van der Waals surface area (Å²) in [6, 6.07) is 4.18. The Bertz CT molecular complexity index is 1060. The van der Waals surface area contributed by atoms with E-state index in [1.54, 1.807) is 6.21 Å². The molecule has 11 nitrogen and oxygen atoms in total. The van der Waals surface area contributed by atoms with E-state index in [9.17, 15) is 4.79 Å². The average molecular weight is 494 g/mol. The molecule has 1 atom stereocenters. The molecule has 3 aromatic heterocycles. The maximum Gasteiger partial charge on any atom is 0.293 e. The number of carbonyl (C=O) groups excluding carboxylic acids is 1. The van der Waals surface area contributed by atoms with E-state index in [0.29, 0.717) is 18.3 Å². The normalized spacial score (nSPS) is 17.6. The SMILES string of the molecule is C[C@@H]1CCCCN1Cc1c(C(=O)N/N=C/c2ccc(Br)s2)nnn1-c1nonc1N. The Morgan fingerprint density at radius 1 is 1.47 bits per heavy atom. The summed E-state index contributed by atoms with van der Waals surface area (Å²) in [4.78, 5) is 16.0. The topological polar surface area (TPSA) is 140 Å². The van der Waals surface area contributed by atoms with Crippen LogP contribution in [0.1, 0.15) is 47.2 Å². The highest BCUT2D eigenvalue weighted by Crippen LogP contribution is 2.23. The van der Waals surface area contributed by atoms with Gasteiger partial charge in [-0.1, -0.05) is 11.6 Å². The quantitative estimate of drug-likeness (QED) is 0.393. The van der Waals surface area contributed by atoms with Gasteiger partial charge in [-0.25, -0.2) is 10.1 Å². The van der Waals surface area contributed by atoms with Gasteiger partial charge < -0.3 is 5.73 Å². The number of hydrogen-bond acceptors (Lipinski definition) is 10. The first-order valence-electron chi connectivity index (χ1n) is 9.38. The molecule has 0 unspecified atom stereocenters.